The summed E-state index contributed by atoms with van der Waals surface area (Å²) in [5.74, 6) is 0. The van der Waals surface area contributed by atoms with Crippen molar-refractivity contribution in [2.75, 3.05) is 0 Å². The molecule has 4 rings (SSSR count). The summed E-state index contributed by atoms with van der Waals surface area (Å²) in [6.07, 6.45) is -3.64. The van der Waals surface area contributed by atoms with Gasteiger partial charge in [0, 0.05) is 4.88 Å². The fourth-order valence-electron chi connectivity index (χ4n) is 3.28. The number of fused-ring (bicyclic) bond motifs is 1. The Morgan fingerprint density at radius 2 is 1.82 bits per heavy atom. The Balaban J connectivity index is 1.93. The van der Waals surface area contributed by atoms with Crippen molar-refractivity contribution in [3.8, 4) is 10.6 Å². The van der Waals surface area contributed by atoms with Crippen LogP contribution in [0, 0.1) is 6.92 Å². The standard InChI is InChI=1S/C21H18F3N3S/c1-3-15-9-10-18(28-15)17-11-16(21(22,23)24)19-13(2)26-27(20(19)25-17)12-14-7-5-4-6-8-14/h4-11H,3,12H2,1-2H3. The Labute approximate surface area is 164 Å². The molecule has 28 heavy (non-hydrogen) atoms. The first kappa shape index (κ1) is 18.7. The van der Waals surface area contributed by atoms with Crippen LogP contribution in [0.25, 0.3) is 21.6 Å². The Bertz CT molecular complexity index is 1130. The van der Waals surface area contributed by atoms with E-state index in [9.17, 15) is 13.2 Å². The monoisotopic (exact) mass is 401 g/mol. The van der Waals surface area contributed by atoms with Crippen LogP contribution >= 0.6 is 11.3 Å². The Hall–Kier alpha value is -2.67. The van der Waals surface area contributed by atoms with Gasteiger partial charge in [-0.05, 0) is 37.1 Å². The summed E-state index contributed by atoms with van der Waals surface area (Å²) in [6.45, 7) is 3.98. The van der Waals surface area contributed by atoms with Crippen LogP contribution in [0.15, 0.2) is 48.5 Å². The van der Waals surface area contributed by atoms with Crippen molar-refractivity contribution in [2.45, 2.75) is 33.0 Å². The number of alkyl halides is 3. The minimum absolute atomic E-state index is 0.0689. The molecule has 0 amide bonds. The first-order valence-corrected chi connectivity index (χ1v) is 9.77. The van der Waals surface area contributed by atoms with E-state index in [0.29, 0.717) is 17.9 Å². The SMILES string of the molecule is CCc1ccc(-c2cc(C(F)(F)F)c3c(C)nn(Cc4ccccc4)c3n2)s1. The van der Waals surface area contributed by atoms with Crippen molar-refractivity contribution in [3.05, 3.63) is 70.2 Å². The predicted octanol–water partition coefficient (Wildman–Crippen LogP) is 6.10. The Kier molecular flexibility index (Phi) is 4.71. The molecule has 7 heteroatoms. The highest BCUT2D eigenvalue weighted by Crippen LogP contribution is 2.39. The zero-order valence-electron chi connectivity index (χ0n) is 15.4. The molecule has 0 fully saturated rings. The molecular weight excluding hydrogens is 383 g/mol. The van der Waals surface area contributed by atoms with Gasteiger partial charge in [-0.25, -0.2) is 9.67 Å². The van der Waals surface area contributed by atoms with Gasteiger partial charge in [-0.3, -0.25) is 0 Å². The van der Waals surface area contributed by atoms with E-state index in [2.05, 4.69) is 10.1 Å². The molecule has 0 aliphatic rings. The van der Waals surface area contributed by atoms with Crippen LogP contribution in [0.5, 0.6) is 0 Å². The second-order valence-electron chi connectivity index (χ2n) is 6.60. The lowest BCUT2D eigenvalue weighted by Gasteiger charge is -2.11. The molecule has 0 bridgehead atoms. The first-order chi connectivity index (χ1) is 13.4. The quantitative estimate of drug-likeness (QED) is 0.414. The molecule has 0 aliphatic carbocycles. The van der Waals surface area contributed by atoms with Crippen LogP contribution in [0.1, 0.15) is 28.6 Å². The van der Waals surface area contributed by atoms with Crippen molar-refractivity contribution in [1.29, 1.82) is 0 Å². The molecule has 4 aromatic rings. The van der Waals surface area contributed by atoms with Crippen molar-refractivity contribution in [1.82, 2.24) is 14.8 Å². The molecule has 0 radical (unpaired) electrons. The van der Waals surface area contributed by atoms with E-state index in [1.807, 2.05) is 49.4 Å². The summed E-state index contributed by atoms with van der Waals surface area (Å²) in [7, 11) is 0. The van der Waals surface area contributed by atoms with Gasteiger partial charge in [0.2, 0.25) is 0 Å². The van der Waals surface area contributed by atoms with Gasteiger partial charge >= 0.3 is 6.18 Å². The Morgan fingerprint density at radius 3 is 2.46 bits per heavy atom. The lowest BCUT2D eigenvalue weighted by atomic mass is 10.1. The van der Waals surface area contributed by atoms with Crippen molar-refractivity contribution in [2.24, 2.45) is 0 Å². The van der Waals surface area contributed by atoms with Gasteiger partial charge in [0.1, 0.15) is 0 Å². The average molecular weight is 401 g/mol. The third-order valence-electron chi connectivity index (χ3n) is 4.62. The molecule has 144 valence electrons. The molecule has 0 unspecified atom stereocenters. The van der Waals surface area contributed by atoms with Crippen LogP contribution in [-0.4, -0.2) is 14.8 Å². The summed E-state index contributed by atoms with van der Waals surface area (Å²) in [5, 5.41) is 4.44. The van der Waals surface area contributed by atoms with E-state index < -0.39 is 11.7 Å². The largest absolute Gasteiger partial charge is 0.417 e. The molecule has 0 atom stereocenters. The zero-order valence-corrected chi connectivity index (χ0v) is 16.2. The normalized spacial score (nSPS) is 12.0. The van der Waals surface area contributed by atoms with E-state index in [1.165, 1.54) is 11.3 Å². The van der Waals surface area contributed by atoms with Crippen LogP contribution < -0.4 is 0 Å². The highest BCUT2D eigenvalue weighted by atomic mass is 32.1. The number of halogens is 3. The molecule has 0 spiro atoms. The van der Waals surface area contributed by atoms with Gasteiger partial charge in [-0.2, -0.15) is 18.3 Å². The summed E-state index contributed by atoms with van der Waals surface area (Å²) in [6, 6.07) is 14.4. The third kappa shape index (κ3) is 3.42. The molecule has 3 nitrogen and oxygen atoms in total. The molecular formula is C21H18F3N3S. The molecule has 1 aromatic carbocycles. The molecule has 0 aliphatic heterocycles. The molecule has 0 saturated heterocycles. The van der Waals surface area contributed by atoms with E-state index in [-0.39, 0.29) is 11.0 Å². The minimum Gasteiger partial charge on any atom is -0.243 e. The molecule has 0 N–H and O–H groups in total. The predicted molar refractivity (Wildman–Crippen MR) is 106 cm³/mol. The average Bonchev–Trinajstić information content (AvgIpc) is 3.26. The van der Waals surface area contributed by atoms with Gasteiger partial charge in [0.05, 0.1) is 33.8 Å². The number of nitrogens with zero attached hydrogens (tertiary/aromatic N) is 3. The maximum absolute atomic E-state index is 13.8. The van der Waals surface area contributed by atoms with Crippen LogP contribution in [0.2, 0.25) is 0 Å². The van der Waals surface area contributed by atoms with Gasteiger partial charge in [-0.15, -0.1) is 11.3 Å². The second kappa shape index (κ2) is 7.05. The van der Waals surface area contributed by atoms with E-state index in [0.717, 1.165) is 27.8 Å². The highest BCUT2D eigenvalue weighted by molar-refractivity contribution is 7.15. The van der Waals surface area contributed by atoms with Crippen molar-refractivity contribution < 1.29 is 13.2 Å². The van der Waals surface area contributed by atoms with Gasteiger partial charge < -0.3 is 0 Å². The summed E-state index contributed by atoms with van der Waals surface area (Å²) in [5.41, 5.74) is 1.20. The van der Waals surface area contributed by atoms with Gasteiger partial charge in [0.25, 0.3) is 0 Å². The van der Waals surface area contributed by atoms with E-state index in [1.54, 1.807) is 11.6 Å². The summed E-state index contributed by atoms with van der Waals surface area (Å²) in [4.78, 5) is 6.44. The lowest BCUT2D eigenvalue weighted by molar-refractivity contribution is -0.136. The number of pyridine rings is 1. The fraction of sp³-hybridized carbons (Fsp3) is 0.238. The van der Waals surface area contributed by atoms with E-state index in [4.69, 9.17) is 0 Å². The number of benzene rings is 1. The molecule has 3 aromatic heterocycles. The number of aryl methyl sites for hydroxylation is 2. The highest BCUT2D eigenvalue weighted by Gasteiger charge is 2.35. The Morgan fingerprint density at radius 1 is 1.07 bits per heavy atom. The van der Waals surface area contributed by atoms with Crippen LogP contribution in [0.4, 0.5) is 13.2 Å². The number of thiophene rings is 1. The van der Waals surface area contributed by atoms with Gasteiger partial charge in [0.15, 0.2) is 5.65 Å². The summed E-state index contributed by atoms with van der Waals surface area (Å²) < 4.78 is 43.1. The number of hydrogen-bond acceptors (Lipinski definition) is 3. The number of hydrogen-bond donors (Lipinski definition) is 0. The van der Waals surface area contributed by atoms with Gasteiger partial charge in [-0.1, -0.05) is 37.3 Å². The fourth-order valence-corrected chi connectivity index (χ4v) is 4.18. The van der Waals surface area contributed by atoms with E-state index >= 15 is 0 Å². The van der Waals surface area contributed by atoms with Crippen LogP contribution in [0.3, 0.4) is 0 Å². The number of aromatic nitrogens is 3. The maximum Gasteiger partial charge on any atom is 0.417 e. The van der Waals surface area contributed by atoms with Crippen molar-refractivity contribution >= 4 is 22.4 Å². The first-order valence-electron chi connectivity index (χ1n) is 8.95. The smallest absolute Gasteiger partial charge is 0.243 e. The number of rotatable bonds is 4. The third-order valence-corrected chi connectivity index (χ3v) is 5.87. The topological polar surface area (TPSA) is 30.7 Å². The molecule has 3 heterocycles. The zero-order chi connectivity index (χ0) is 19.9. The lowest BCUT2D eigenvalue weighted by Crippen LogP contribution is -2.08. The maximum atomic E-state index is 13.8. The second-order valence-corrected chi connectivity index (χ2v) is 7.77. The summed E-state index contributed by atoms with van der Waals surface area (Å²) >= 11 is 1.47. The minimum atomic E-state index is -4.48. The van der Waals surface area contributed by atoms with Crippen LogP contribution in [-0.2, 0) is 19.1 Å². The van der Waals surface area contributed by atoms with Crippen molar-refractivity contribution in [3.63, 3.8) is 0 Å². The molecule has 0 saturated carbocycles.